The van der Waals surface area contributed by atoms with Gasteiger partial charge in [-0.05, 0) is 23.5 Å². The summed E-state index contributed by atoms with van der Waals surface area (Å²) >= 11 is 0. The predicted octanol–water partition coefficient (Wildman–Crippen LogP) is 3.08. The van der Waals surface area contributed by atoms with Gasteiger partial charge in [0, 0.05) is 39.1 Å². The zero-order valence-electron chi connectivity index (χ0n) is 13.9. The first-order chi connectivity index (χ1) is 9.85. The first kappa shape index (κ1) is 16.0. The van der Waals surface area contributed by atoms with E-state index in [0.717, 1.165) is 32.7 Å². The van der Waals surface area contributed by atoms with E-state index in [1.165, 1.54) is 11.1 Å². The molecule has 1 heterocycles. The molecule has 1 aromatic rings. The summed E-state index contributed by atoms with van der Waals surface area (Å²) in [6.07, 6.45) is 0.644. The standard InChI is InChI=1S/C18H28N2O/c1-15-7-5-6-8-16(15)14-19-9-11-20(12-10-19)17(21)13-18(2,3)4/h5-8H,9-14H2,1-4H3. The molecule has 0 spiro atoms. The molecule has 0 aromatic heterocycles. The highest BCUT2D eigenvalue weighted by Gasteiger charge is 2.24. The smallest absolute Gasteiger partial charge is 0.223 e. The fourth-order valence-corrected chi connectivity index (χ4v) is 2.75. The molecule has 0 saturated carbocycles. The van der Waals surface area contributed by atoms with Crippen molar-refractivity contribution in [3.05, 3.63) is 35.4 Å². The van der Waals surface area contributed by atoms with Gasteiger partial charge in [-0.25, -0.2) is 0 Å². The molecule has 3 heteroatoms. The third-order valence-corrected chi connectivity index (χ3v) is 4.06. The summed E-state index contributed by atoms with van der Waals surface area (Å²) in [6.45, 7) is 13.2. The molecule has 1 aliphatic rings. The molecule has 1 fully saturated rings. The fourth-order valence-electron chi connectivity index (χ4n) is 2.75. The van der Waals surface area contributed by atoms with E-state index in [4.69, 9.17) is 0 Å². The normalized spacial score (nSPS) is 17.0. The summed E-state index contributed by atoms with van der Waals surface area (Å²) in [4.78, 5) is 16.7. The second-order valence-corrected chi connectivity index (χ2v) is 7.32. The minimum atomic E-state index is 0.0787. The number of piperazine rings is 1. The highest BCUT2D eigenvalue weighted by molar-refractivity contribution is 5.76. The lowest BCUT2D eigenvalue weighted by atomic mass is 9.91. The quantitative estimate of drug-likeness (QED) is 0.853. The van der Waals surface area contributed by atoms with E-state index < -0.39 is 0 Å². The molecule has 0 radical (unpaired) electrons. The first-order valence-corrected chi connectivity index (χ1v) is 7.90. The Bertz CT molecular complexity index is 482. The van der Waals surface area contributed by atoms with E-state index in [-0.39, 0.29) is 5.41 Å². The topological polar surface area (TPSA) is 23.6 Å². The van der Waals surface area contributed by atoms with E-state index >= 15 is 0 Å². The summed E-state index contributed by atoms with van der Waals surface area (Å²) < 4.78 is 0. The summed E-state index contributed by atoms with van der Waals surface area (Å²) in [6, 6.07) is 8.55. The fraction of sp³-hybridized carbons (Fsp3) is 0.611. The SMILES string of the molecule is Cc1ccccc1CN1CCN(C(=O)CC(C)(C)C)CC1. The largest absolute Gasteiger partial charge is 0.340 e. The molecule has 0 unspecified atom stereocenters. The molecular formula is C18H28N2O. The molecule has 3 nitrogen and oxygen atoms in total. The zero-order chi connectivity index (χ0) is 15.5. The van der Waals surface area contributed by atoms with E-state index in [0.29, 0.717) is 12.3 Å². The van der Waals surface area contributed by atoms with Crippen LogP contribution in [0, 0.1) is 12.3 Å². The van der Waals surface area contributed by atoms with Crippen molar-refractivity contribution in [2.24, 2.45) is 5.41 Å². The summed E-state index contributed by atoms with van der Waals surface area (Å²) in [5.74, 6) is 0.304. The van der Waals surface area contributed by atoms with Crippen LogP contribution in [-0.2, 0) is 11.3 Å². The van der Waals surface area contributed by atoms with Crippen LogP contribution in [0.25, 0.3) is 0 Å². The van der Waals surface area contributed by atoms with Crippen molar-refractivity contribution in [1.82, 2.24) is 9.80 Å². The van der Waals surface area contributed by atoms with Gasteiger partial charge < -0.3 is 4.90 Å². The van der Waals surface area contributed by atoms with Crippen molar-refractivity contribution in [2.45, 2.75) is 40.7 Å². The van der Waals surface area contributed by atoms with Crippen LogP contribution in [0.5, 0.6) is 0 Å². The molecule has 116 valence electrons. The van der Waals surface area contributed by atoms with Crippen molar-refractivity contribution in [1.29, 1.82) is 0 Å². The lowest BCUT2D eigenvalue weighted by molar-refractivity contribution is -0.134. The van der Waals surface area contributed by atoms with Gasteiger partial charge in [0.25, 0.3) is 0 Å². The Morgan fingerprint density at radius 3 is 2.29 bits per heavy atom. The van der Waals surface area contributed by atoms with Crippen LogP contribution in [0.4, 0.5) is 0 Å². The van der Waals surface area contributed by atoms with Gasteiger partial charge in [-0.2, -0.15) is 0 Å². The van der Waals surface area contributed by atoms with Crippen molar-refractivity contribution in [2.75, 3.05) is 26.2 Å². The van der Waals surface area contributed by atoms with Crippen LogP contribution < -0.4 is 0 Å². The number of aryl methyl sites for hydroxylation is 1. The van der Waals surface area contributed by atoms with Gasteiger partial charge in [0.2, 0.25) is 5.91 Å². The maximum atomic E-state index is 12.2. The van der Waals surface area contributed by atoms with Gasteiger partial charge in [0.05, 0.1) is 0 Å². The van der Waals surface area contributed by atoms with Crippen LogP contribution >= 0.6 is 0 Å². The second kappa shape index (κ2) is 6.61. The van der Waals surface area contributed by atoms with Gasteiger partial charge >= 0.3 is 0 Å². The molecule has 0 bridgehead atoms. The third-order valence-electron chi connectivity index (χ3n) is 4.06. The van der Waals surface area contributed by atoms with Crippen LogP contribution in [-0.4, -0.2) is 41.9 Å². The summed E-state index contributed by atoms with van der Waals surface area (Å²) in [5.41, 5.74) is 2.82. The van der Waals surface area contributed by atoms with Crippen molar-refractivity contribution >= 4 is 5.91 Å². The molecule has 1 amide bonds. The Balaban J connectivity index is 1.83. The predicted molar refractivity (Wildman–Crippen MR) is 87.1 cm³/mol. The minimum absolute atomic E-state index is 0.0787. The lowest BCUT2D eigenvalue weighted by Gasteiger charge is -2.36. The first-order valence-electron chi connectivity index (χ1n) is 7.90. The highest BCUT2D eigenvalue weighted by Crippen LogP contribution is 2.20. The molecule has 1 aromatic carbocycles. The highest BCUT2D eigenvalue weighted by atomic mass is 16.2. The van der Waals surface area contributed by atoms with Crippen molar-refractivity contribution in [3.8, 4) is 0 Å². The molecule has 2 rings (SSSR count). The average molecular weight is 288 g/mol. The van der Waals surface area contributed by atoms with E-state index in [1.54, 1.807) is 0 Å². The van der Waals surface area contributed by atoms with Crippen LogP contribution in [0.2, 0.25) is 0 Å². The maximum absolute atomic E-state index is 12.2. The Labute approximate surface area is 128 Å². The number of hydrogen-bond acceptors (Lipinski definition) is 2. The van der Waals surface area contributed by atoms with Gasteiger partial charge in [0.1, 0.15) is 0 Å². The van der Waals surface area contributed by atoms with Gasteiger partial charge in [-0.15, -0.1) is 0 Å². The number of hydrogen-bond donors (Lipinski definition) is 0. The number of nitrogens with zero attached hydrogens (tertiary/aromatic N) is 2. The van der Waals surface area contributed by atoms with Crippen LogP contribution in [0.3, 0.4) is 0 Å². The molecular weight excluding hydrogens is 260 g/mol. The second-order valence-electron chi connectivity index (χ2n) is 7.32. The summed E-state index contributed by atoms with van der Waals surface area (Å²) in [5, 5.41) is 0. The minimum Gasteiger partial charge on any atom is -0.340 e. The molecule has 0 N–H and O–H groups in total. The van der Waals surface area contributed by atoms with Crippen LogP contribution in [0.1, 0.15) is 38.3 Å². The van der Waals surface area contributed by atoms with E-state index in [9.17, 15) is 4.79 Å². The Hall–Kier alpha value is -1.35. The monoisotopic (exact) mass is 288 g/mol. The molecule has 0 atom stereocenters. The number of rotatable bonds is 3. The lowest BCUT2D eigenvalue weighted by Crippen LogP contribution is -2.48. The van der Waals surface area contributed by atoms with Crippen LogP contribution in [0.15, 0.2) is 24.3 Å². The average Bonchev–Trinajstić information content (AvgIpc) is 2.40. The Kier molecular flexibility index (Phi) is 5.04. The van der Waals surface area contributed by atoms with E-state index in [2.05, 4.69) is 56.9 Å². The van der Waals surface area contributed by atoms with Crippen molar-refractivity contribution < 1.29 is 4.79 Å². The molecule has 0 aliphatic carbocycles. The molecule has 1 saturated heterocycles. The maximum Gasteiger partial charge on any atom is 0.223 e. The Morgan fingerprint density at radius 1 is 1.10 bits per heavy atom. The summed E-state index contributed by atoms with van der Waals surface area (Å²) in [7, 11) is 0. The van der Waals surface area contributed by atoms with Crippen molar-refractivity contribution in [3.63, 3.8) is 0 Å². The third kappa shape index (κ3) is 4.85. The number of carbonyl (C=O) groups excluding carboxylic acids is 1. The number of amides is 1. The molecule has 21 heavy (non-hydrogen) atoms. The Morgan fingerprint density at radius 2 is 1.71 bits per heavy atom. The van der Waals surface area contributed by atoms with E-state index in [1.807, 2.05) is 4.90 Å². The molecule has 1 aliphatic heterocycles. The number of benzene rings is 1. The van der Waals surface area contributed by atoms with Gasteiger partial charge in [0.15, 0.2) is 0 Å². The zero-order valence-corrected chi connectivity index (χ0v) is 13.9. The van der Waals surface area contributed by atoms with Gasteiger partial charge in [-0.1, -0.05) is 45.0 Å². The van der Waals surface area contributed by atoms with Gasteiger partial charge in [-0.3, -0.25) is 9.69 Å². The number of carbonyl (C=O) groups is 1.